The van der Waals surface area contributed by atoms with Crippen LogP contribution in [0.25, 0.3) is 0 Å². The van der Waals surface area contributed by atoms with Crippen LogP contribution in [0, 0.1) is 11.8 Å². The molecule has 0 aromatic carbocycles. The molecule has 21 heavy (non-hydrogen) atoms. The molecular formula is C17H36N2O2. The SMILES string of the molecule is CC1CCN(C)CCCN(C)CCC(C)COCCOC1. The number of nitrogens with zero attached hydrogens (tertiary/aromatic N) is 2. The molecule has 1 rings (SSSR count). The van der Waals surface area contributed by atoms with Crippen LogP contribution in [0.4, 0.5) is 0 Å². The number of hydrogen-bond acceptors (Lipinski definition) is 4. The van der Waals surface area contributed by atoms with Crippen LogP contribution in [-0.4, -0.2) is 76.5 Å². The Hall–Kier alpha value is -0.160. The molecule has 0 saturated carbocycles. The summed E-state index contributed by atoms with van der Waals surface area (Å²) < 4.78 is 11.4. The first-order valence-corrected chi connectivity index (χ1v) is 8.60. The maximum absolute atomic E-state index is 5.71. The second-order valence-corrected chi connectivity index (χ2v) is 6.90. The van der Waals surface area contributed by atoms with Crippen molar-refractivity contribution in [3.05, 3.63) is 0 Å². The summed E-state index contributed by atoms with van der Waals surface area (Å²) in [6.07, 6.45) is 3.68. The summed E-state index contributed by atoms with van der Waals surface area (Å²) in [7, 11) is 4.47. The molecule has 4 heteroatoms. The van der Waals surface area contributed by atoms with Gasteiger partial charge in [-0.1, -0.05) is 13.8 Å². The van der Waals surface area contributed by atoms with E-state index in [1.165, 1.54) is 45.4 Å². The highest BCUT2D eigenvalue weighted by atomic mass is 16.5. The van der Waals surface area contributed by atoms with Crippen LogP contribution in [0.5, 0.6) is 0 Å². The lowest BCUT2D eigenvalue weighted by atomic mass is 10.1. The first-order chi connectivity index (χ1) is 10.1. The first kappa shape index (κ1) is 18.9. The van der Waals surface area contributed by atoms with Crippen molar-refractivity contribution in [2.24, 2.45) is 11.8 Å². The molecule has 0 bridgehead atoms. The van der Waals surface area contributed by atoms with E-state index >= 15 is 0 Å². The molecule has 0 aromatic rings. The van der Waals surface area contributed by atoms with Crippen molar-refractivity contribution < 1.29 is 9.47 Å². The lowest BCUT2D eigenvalue weighted by Crippen LogP contribution is -2.28. The van der Waals surface area contributed by atoms with Crippen molar-refractivity contribution in [3.63, 3.8) is 0 Å². The van der Waals surface area contributed by atoms with Gasteiger partial charge in [-0.05, 0) is 71.4 Å². The molecule has 1 aliphatic heterocycles. The highest BCUT2D eigenvalue weighted by Crippen LogP contribution is 2.07. The van der Waals surface area contributed by atoms with E-state index in [1.807, 2.05) is 0 Å². The zero-order valence-corrected chi connectivity index (χ0v) is 14.6. The predicted molar refractivity (Wildman–Crippen MR) is 88.8 cm³/mol. The lowest BCUT2D eigenvalue weighted by Gasteiger charge is -2.22. The third-order valence-electron chi connectivity index (χ3n) is 4.26. The van der Waals surface area contributed by atoms with Gasteiger partial charge in [-0.25, -0.2) is 0 Å². The molecule has 126 valence electrons. The summed E-state index contributed by atoms with van der Waals surface area (Å²) >= 11 is 0. The van der Waals surface area contributed by atoms with Crippen molar-refractivity contribution in [2.75, 3.05) is 66.7 Å². The van der Waals surface area contributed by atoms with E-state index in [0.717, 1.165) is 26.4 Å². The molecular weight excluding hydrogens is 264 g/mol. The Morgan fingerprint density at radius 1 is 0.714 bits per heavy atom. The van der Waals surface area contributed by atoms with Gasteiger partial charge in [0.05, 0.1) is 13.2 Å². The van der Waals surface area contributed by atoms with Gasteiger partial charge in [-0.15, -0.1) is 0 Å². The van der Waals surface area contributed by atoms with Crippen molar-refractivity contribution in [3.8, 4) is 0 Å². The maximum atomic E-state index is 5.71. The van der Waals surface area contributed by atoms with Crippen LogP contribution in [0.2, 0.25) is 0 Å². The Balaban J connectivity index is 2.34. The quantitative estimate of drug-likeness (QED) is 0.685. The highest BCUT2D eigenvalue weighted by molar-refractivity contribution is 4.61. The molecule has 0 spiro atoms. The van der Waals surface area contributed by atoms with Gasteiger partial charge in [-0.3, -0.25) is 0 Å². The minimum absolute atomic E-state index is 0.629. The summed E-state index contributed by atoms with van der Waals surface area (Å²) in [4.78, 5) is 4.91. The Morgan fingerprint density at radius 3 is 1.57 bits per heavy atom. The van der Waals surface area contributed by atoms with Gasteiger partial charge < -0.3 is 19.3 Å². The smallest absolute Gasteiger partial charge is 0.0700 e. The van der Waals surface area contributed by atoms with E-state index in [4.69, 9.17) is 9.47 Å². The van der Waals surface area contributed by atoms with Gasteiger partial charge in [0.1, 0.15) is 0 Å². The highest BCUT2D eigenvalue weighted by Gasteiger charge is 2.08. The maximum Gasteiger partial charge on any atom is 0.0700 e. The monoisotopic (exact) mass is 300 g/mol. The zero-order chi connectivity index (χ0) is 15.5. The van der Waals surface area contributed by atoms with Crippen LogP contribution < -0.4 is 0 Å². The minimum atomic E-state index is 0.629. The van der Waals surface area contributed by atoms with E-state index < -0.39 is 0 Å². The molecule has 0 amide bonds. The van der Waals surface area contributed by atoms with Gasteiger partial charge in [0.25, 0.3) is 0 Å². The fourth-order valence-corrected chi connectivity index (χ4v) is 2.57. The fraction of sp³-hybridized carbons (Fsp3) is 1.00. The van der Waals surface area contributed by atoms with Crippen LogP contribution in [0.1, 0.15) is 33.1 Å². The second-order valence-electron chi connectivity index (χ2n) is 6.90. The Labute approximate surface area is 131 Å². The topological polar surface area (TPSA) is 24.9 Å². The van der Waals surface area contributed by atoms with Gasteiger partial charge in [0, 0.05) is 13.2 Å². The van der Waals surface area contributed by atoms with Gasteiger partial charge >= 0.3 is 0 Å². The summed E-state index contributed by atoms with van der Waals surface area (Å²) in [5, 5.41) is 0. The molecule has 0 N–H and O–H groups in total. The number of hydrogen-bond donors (Lipinski definition) is 0. The molecule has 1 heterocycles. The second kappa shape index (κ2) is 11.4. The van der Waals surface area contributed by atoms with Crippen LogP contribution in [-0.2, 0) is 9.47 Å². The third-order valence-corrected chi connectivity index (χ3v) is 4.26. The summed E-state index contributed by atoms with van der Waals surface area (Å²) in [6.45, 7) is 12.4. The number of ether oxygens (including phenoxy) is 2. The van der Waals surface area contributed by atoms with E-state index in [9.17, 15) is 0 Å². The molecule has 1 saturated heterocycles. The number of rotatable bonds is 0. The van der Waals surface area contributed by atoms with Crippen LogP contribution >= 0.6 is 0 Å². The average molecular weight is 300 g/mol. The lowest BCUT2D eigenvalue weighted by molar-refractivity contribution is 0.0226. The first-order valence-electron chi connectivity index (χ1n) is 8.60. The molecule has 1 aliphatic rings. The fourth-order valence-electron chi connectivity index (χ4n) is 2.57. The Kier molecular flexibility index (Phi) is 10.3. The van der Waals surface area contributed by atoms with Crippen molar-refractivity contribution >= 4 is 0 Å². The van der Waals surface area contributed by atoms with Gasteiger partial charge in [0.15, 0.2) is 0 Å². The summed E-state index contributed by atoms with van der Waals surface area (Å²) in [5.74, 6) is 1.26. The van der Waals surface area contributed by atoms with Crippen molar-refractivity contribution in [1.82, 2.24) is 9.80 Å². The molecule has 0 radical (unpaired) electrons. The van der Waals surface area contributed by atoms with E-state index in [2.05, 4.69) is 37.7 Å². The molecule has 0 aliphatic carbocycles. The van der Waals surface area contributed by atoms with Gasteiger partial charge in [0.2, 0.25) is 0 Å². The standard InChI is InChI=1S/C17H36N2O2/c1-16-6-10-18(3)8-5-9-19(4)11-7-17(2)15-21-13-12-20-14-16/h16-17H,5-15H2,1-4H3. The van der Waals surface area contributed by atoms with Crippen LogP contribution in [0.3, 0.4) is 0 Å². The Morgan fingerprint density at radius 2 is 1.14 bits per heavy atom. The third kappa shape index (κ3) is 10.2. The largest absolute Gasteiger partial charge is 0.379 e. The van der Waals surface area contributed by atoms with E-state index in [-0.39, 0.29) is 0 Å². The molecule has 4 nitrogen and oxygen atoms in total. The van der Waals surface area contributed by atoms with E-state index in [1.54, 1.807) is 0 Å². The summed E-state index contributed by atoms with van der Waals surface area (Å²) in [5.41, 5.74) is 0. The van der Waals surface area contributed by atoms with Crippen LogP contribution in [0.15, 0.2) is 0 Å². The minimum Gasteiger partial charge on any atom is -0.379 e. The molecule has 2 atom stereocenters. The molecule has 0 aromatic heterocycles. The van der Waals surface area contributed by atoms with E-state index in [0.29, 0.717) is 11.8 Å². The predicted octanol–water partition coefficient (Wildman–Crippen LogP) is 2.34. The van der Waals surface area contributed by atoms with Gasteiger partial charge in [-0.2, -0.15) is 0 Å². The zero-order valence-electron chi connectivity index (χ0n) is 14.6. The normalized spacial score (nSPS) is 30.9. The van der Waals surface area contributed by atoms with Crippen molar-refractivity contribution in [2.45, 2.75) is 33.1 Å². The van der Waals surface area contributed by atoms with Crippen molar-refractivity contribution in [1.29, 1.82) is 0 Å². The Bertz CT molecular complexity index is 227. The molecule has 2 unspecified atom stereocenters. The summed E-state index contributed by atoms with van der Waals surface area (Å²) in [6, 6.07) is 0. The average Bonchev–Trinajstić information content (AvgIpc) is 2.45. The molecule has 1 fully saturated rings.